The molecule has 0 aromatic carbocycles. The lowest BCUT2D eigenvalue weighted by Crippen LogP contribution is -2.11. The van der Waals surface area contributed by atoms with Gasteiger partial charge in [-0.25, -0.2) is 0 Å². The average Bonchev–Trinajstić information content (AvgIpc) is 2.14. The predicted molar refractivity (Wildman–Crippen MR) is 63.8 cm³/mol. The molecule has 0 aromatic heterocycles. The maximum Gasteiger partial charge on any atom is 0.164 e. The van der Waals surface area contributed by atoms with Gasteiger partial charge in [-0.2, -0.15) is 0 Å². The Balaban J connectivity index is 3.41. The number of rotatable bonds is 9. The summed E-state index contributed by atoms with van der Waals surface area (Å²) in [6.45, 7) is 8.25. The molecule has 0 fully saturated rings. The minimum atomic E-state index is -0.259. The first-order chi connectivity index (χ1) is 6.35. The molecular formula is C9H24O2Si2. The third kappa shape index (κ3) is 8.68. The molecule has 0 bridgehead atoms. The van der Waals surface area contributed by atoms with E-state index in [1.807, 2.05) is 0 Å². The lowest BCUT2D eigenvalue weighted by atomic mass is 10.3. The topological polar surface area (TPSA) is 18.5 Å². The molecule has 0 saturated carbocycles. The molecule has 2 nitrogen and oxygen atoms in total. The Kier molecular flexibility index (Phi) is 10.7. The molecule has 0 N–H and O–H groups in total. The van der Waals surface area contributed by atoms with Gasteiger partial charge in [0.15, 0.2) is 19.5 Å². The van der Waals surface area contributed by atoms with Gasteiger partial charge in [-0.05, 0) is 25.4 Å². The molecule has 0 aliphatic heterocycles. The lowest BCUT2D eigenvalue weighted by Gasteiger charge is -2.14. The molecule has 0 saturated heterocycles. The monoisotopic (exact) mass is 220 g/mol. The molecule has 0 aliphatic rings. The first-order valence-electron chi connectivity index (χ1n) is 5.50. The summed E-state index contributed by atoms with van der Waals surface area (Å²) in [6, 6.07) is 1.34. The van der Waals surface area contributed by atoms with Crippen LogP contribution in [0.2, 0.25) is 11.6 Å². The molecule has 1 atom stereocenters. The lowest BCUT2D eigenvalue weighted by molar-refractivity contribution is 0.344. The highest BCUT2D eigenvalue weighted by molar-refractivity contribution is 6.36. The van der Waals surface area contributed by atoms with E-state index < -0.39 is 0 Å². The zero-order valence-electron chi connectivity index (χ0n) is 9.34. The van der Waals surface area contributed by atoms with Gasteiger partial charge in [0.2, 0.25) is 0 Å². The Labute approximate surface area is 87.3 Å². The maximum absolute atomic E-state index is 5.58. The Morgan fingerprint density at radius 3 is 2.31 bits per heavy atom. The molecule has 0 amide bonds. The highest BCUT2D eigenvalue weighted by Gasteiger charge is 2.08. The Morgan fingerprint density at radius 1 is 1.08 bits per heavy atom. The normalized spacial score (nSPS) is 15.0. The van der Waals surface area contributed by atoms with Crippen LogP contribution in [0, 0.1) is 0 Å². The van der Waals surface area contributed by atoms with Crippen LogP contribution in [0.5, 0.6) is 0 Å². The van der Waals surface area contributed by atoms with Gasteiger partial charge in [0, 0.05) is 13.2 Å². The largest absolute Gasteiger partial charge is 0.424 e. The fourth-order valence-corrected chi connectivity index (χ4v) is 4.79. The van der Waals surface area contributed by atoms with Crippen LogP contribution >= 0.6 is 0 Å². The van der Waals surface area contributed by atoms with Crippen molar-refractivity contribution in [2.45, 2.75) is 45.2 Å². The molecular weight excluding hydrogens is 196 g/mol. The molecule has 13 heavy (non-hydrogen) atoms. The fraction of sp³-hybridized carbons (Fsp3) is 1.00. The Morgan fingerprint density at radius 2 is 1.77 bits per heavy atom. The van der Waals surface area contributed by atoms with Crippen LogP contribution in [0.25, 0.3) is 0 Å². The highest BCUT2D eigenvalue weighted by atomic mass is 28.2. The van der Waals surface area contributed by atoms with Gasteiger partial charge in [-0.15, -0.1) is 0 Å². The standard InChI is InChI=1S/C9H24O2Si2/c1-4-7-9(13-11-6-3)8-12-10-5-2/h9H,4-8,12-13H2,1-3H3. The summed E-state index contributed by atoms with van der Waals surface area (Å²) in [5.74, 6) is 0. The van der Waals surface area contributed by atoms with Crippen molar-refractivity contribution in [3.05, 3.63) is 0 Å². The van der Waals surface area contributed by atoms with E-state index in [-0.39, 0.29) is 19.5 Å². The van der Waals surface area contributed by atoms with Crippen LogP contribution in [0.15, 0.2) is 0 Å². The summed E-state index contributed by atoms with van der Waals surface area (Å²) in [6.07, 6.45) is 2.65. The summed E-state index contributed by atoms with van der Waals surface area (Å²) in [4.78, 5) is 0. The van der Waals surface area contributed by atoms with Crippen molar-refractivity contribution in [3.63, 3.8) is 0 Å². The van der Waals surface area contributed by atoms with Crippen LogP contribution in [-0.4, -0.2) is 32.7 Å². The molecule has 0 rings (SSSR count). The van der Waals surface area contributed by atoms with E-state index in [1.165, 1.54) is 18.9 Å². The van der Waals surface area contributed by atoms with E-state index in [9.17, 15) is 0 Å². The van der Waals surface area contributed by atoms with Gasteiger partial charge in [-0.1, -0.05) is 19.8 Å². The van der Waals surface area contributed by atoms with E-state index >= 15 is 0 Å². The summed E-state index contributed by atoms with van der Waals surface area (Å²) in [5.41, 5.74) is 0.892. The second kappa shape index (κ2) is 10.4. The van der Waals surface area contributed by atoms with E-state index in [0.717, 1.165) is 18.8 Å². The van der Waals surface area contributed by atoms with Gasteiger partial charge in [-0.3, -0.25) is 0 Å². The van der Waals surface area contributed by atoms with Crippen molar-refractivity contribution in [2.24, 2.45) is 0 Å². The number of hydrogen-bond acceptors (Lipinski definition) is 2. The van der Waals surface area contributed by atoms with Crippen molar-refractivity contribution < 1.29 is 8.85 Å². The van der Waals surface area contributed by atoms with Gasteiger partial charge in [0.1, 0.15) is 0 Å². The van der Waals surface area contributed by atoms with E-state index in [0.29, 0.717) is 0 Å². The SMILES string of the molecule is CCCC(C[SiH2]OCC)[SiH2]OCC. The van der Waals surface area contributed by atoms with Crippen LogP contribution in [0.3, 0.4) is 0 Å². The summed E-state index contributed by atoms with van der Waals surface area (Å²) < 4.78 is 11.1. The summed E-state index contributed by atoms with van der Waals surface area (Å²) in [7, 11) is -0.489. The molecule has 80 valence electrons. The first kappa shape index (κ1) is 13.4. The molecule has 4 heteroatoms. The smallest absolute Gasteiger partial charge is 0.164 e. The van der Waals surface area contributed by atoms with Crippen LogP contribution in [-0.2, 0) is 8.85 Å². The minimum absolute atomic E-state index is 0.230. The van der Waals surface area contributed by atoms with Crippen LogP contribution in [0.1, 0.15) is 33.6 Å². The van der Waals surface area contributed by atoms with Gasteiger partial charge in [0.25, 0.3) is 0 Å². The van der Waals surface area contributed by atoms with E-state index in [4.69, 9.17) is 8.85 Å². The second-order valence-corrected chi connectivity index (χ2v) is 6.59. The van der Waals surface area contributed by atoms with Crippen LogP contribution < -0.4 is 0 Å². The second-order valence-electron chi connectivity index (χ2n) is 3.30. The van der Waals surface area contributed by atoms with Crippen molar-refractivity contribution in [2.75, 3.05) is 13.2 Å². The van der Waals surface area contributed by atoms with Crippen molar-refractivity contribution in [1.82, 2.24) is 0 Å². The minimum Gasteiger partial charge on any atom is -0.424 e. The predicted octanol–water partition coefficient (Wildman–Crippen LogP) is 1.23. The number of hydrogen-bond donors (Lipinski definition) is 0. The third-order valence-electron chi connectivity index (χ3n) is 2.13. The van der Waals surface area contributed by atoms with Gasteiger partial charge < -0.3 is 8.85 Å². The van der Waals surface area contributed by atoms with Crippen molar-refractivity contribution in [3.8, 4) is 0 Å². The highest BCUT2D eigenvalue weighted by Crippen LogP contribution is 2.17. The average molecular weight is 220 g/mol. The zero-order chi connectivity index (χ0) is 9.94. The Hall–Kier alpha value is 0.354. The maximum atomic E-state index is 5.58. The summed E-state index contributed by atoms with van der Waals surface area (Å²) in [5, 5.41) is 0. The molecule has 0 aromatic rings. The molecule has 1 unspecified atom stereocenters. The zero-order valence-corrected chi connectivity index (χ0v) is 12.2. The summed E-state index contributed by atoms with van der Waals surface area (Å²) >= 11 is 0. The van der Waals surface area contributed by atoms with Gasteiger partial charge in [0.05, 0.1) is 0 Å². The third-order valence-corrected chi connectivity index (χ3v) is 6.63. The van der Waals surface area contributed by atoms with Gasteiger partial charge >= 0.3 is 0 Å². The van der Waals surface area contributed by atoms with Crippen molar-refractivity contribution in [1.29, 1.82) is 0 Å². The Bertz CT molecular complexity index is 102. The van der Waals surface area contributed by atoms with Crippen molar-refractivity contribution >= 4 is 19.5 Å². The fourth-order valence-electron chi connectivity index (χ4n) is 1.40. The quantitative estimate of drug-likeness (QED) is 0.430. The van der Waals surface area contributed by atoms with E-state index in [2.05, 4.69) is 20.8 Å². The molecule has 0 aliphatic carbocycles. The molecule has 0 spiro atoms. The van der Waals surface area contributed by atoms with E-state index in [1.54, 1.807) is 0 Å². The van der Waals surface area contributed by atoms with Crippen LogP contribution in [0.4, 0.5) is 0 Å². The first-order valence-corrected chi connectivity index (χ1v) is 8.47. The molecule has 0 heterocycles. The molecule has 0 radical (unpaired) electrons.